The number of nitrogens with one attached hydrogen (secondary N) is 1. The van der Waals surface area contributed by atoms with Crippen LogP contribution in [0.4, 0.5) is 18.0 Å². The molecule has 0 rings (SSSR count). The molecule has 0 bridgehead atoms. The molecule has 0 aromatic carbocycles. The van der Waals surface area contributed by atoms with Gasteiger partial charge in [0.15, 0.2) is 0 Å². The second kappa shape index (κ2) is 7.48. The van der Waals surface area contributed by atoms with Crippen molar-refractivity contribution in [2.45, 2.75) is 26.1 Å². The van der Waals surface area contributed by atoms with E-state index < -0.39 is 30.1 Å². The van der Waals surface area contributed by atoms with E-state index in [9.17, 15) is 22.8 Å². The van der Waals surface area contributed by atoms with E-state index >= 15 is 0 Å². The number of hydrogen-bond donors (Lipinski definition) is 4. The van der Waals surface area contributed by atoms with Crippen molar-refractivity contribution in [1.82, 2.24) is 5.32 Å². The number of carboxylic acid groups (broad SMARTS) is 1. The fraction of sp³-hybridized carbons (Fsp3) is 0.625. The van der Waals surface area contributed by atoms with Crippen molar-refractivity contribution in [3.63, 3.8) is 0 Å². The highest BCUT2D eigenvalue weighted by Crippen LogP contribution is 2.13. The Labute approximate surface area is 100 Å². The third kappa shape index (κ3) is 9.39. The van der Waals surface area contributed by atoms with Gasteiger partial charge in [-0.25, -0.2) is 9.59 Å². The second-order valence-corrected chi connectivity index (χ2v) is 3.43. The first-order valence-corrected chi connectivity index (χ1v) is 4.55. The van der Waals surface area contributed by atoms with Crippen molar-refractivity contribution in [3.05, 3.63) is 0 Å². The van der Waals surface area contributed by atoms with Crippen LogP contribution >= 0.6 is 0 Å². The third-order valence-electron chi connectivity index (χ3n) is 1.51. The fourth-order valence-corrected chi connectivity index (χ4v) is 0.508. The van der Waals surface area contributed by atoms with Crippen molar-refractivity contribution in [3.8, 4) is 0 Å². The zero-order valence-corrected chi connectivity index (χ0v) is 9.62. The number of imide groups is 1. The number of halogens is 3. The van der Waals surface area contributed by atoms with E-state index in [1.165, 1.54) is 0 Å². The first-order chi connectivity index (χ1) is 7.89. The molecule has 6 N–H and O–H groups in total. The summed E-state index contributed by atoms with van der Waals surface area (Å²) < 4.78 is 31.7. The quantitative estimate of drug-likeness (QED) is 0.552. The summed E-state index contributed by atoms with van der Waals surface area (Å²) in [5.74, 6) is -3.30. The van der Waals surface area contributed by atoms with E-state index in [1.54, 1.807) is 13.8 Å². The molecular weight excluding hydrogens is 259 g/mol. The van der Waals surface area contributed by atoms with Crippen LogP contribution in [-0.2, 0) is 9.59 Å². The summed E-state index contributed by atoms with van der Waals surface area (Å²) in [5.41, 5.74) is 10.1. The lowest BCUT2D eigenvalue weighted by atomic mass is 10.1. The van der Waals surface area contributed by atoms with E-state index in [-0.39, 0.29) is 5.92 Å². The second-order valence-electron chi connectivity index (χ2n) is 3.43. The minimum Gasteiger partial charge on any atom is -0.475 e. The van der Waals surface area contributed by atoms with Crippen molar-refractivity contribution in [2.75, 3.05) is 0 Å². The van der Waals surface area contributed by atoms with Gasteiger partial charge in [-0.2, -0.15) is 13.2 Å². The van der Waals surface area contributed by atoms with Crippen LogP contribution in [0.2, 0.25) is 0 Å². The monoisotopic (exact) mass is 273 g/mol. The number of hydrogen-bond acceptors (Lipinski definition) is 4. The number of carbonyl (C=O) groups is 3. The molecule has 0 radical (unpaired) electrons. The summed E-state index contributed by atoms with van der Waals surface area (Å²) >= 11 is 0. The highest BCUT2D eigenvalue weighted by molar-refractivity contribution is 5.96. The number of amides is 3. The average Bonchev–Trinajstić information content (AvgIpc) is 2.14. The number of alkyl halides is 3. The molecule has 0 aliphatic heterocycles. The molecule has 0 unspecified atom stereocenters. The molecule has 10 heteroatoms. The van der Waals surface area contributed by atoms with Crippen LogP contribution in [-0.4, -0.2) is 35.2 Å². The van der Waals surface area contributed by atoms with Crippen molar-refractivity contribution >= 4 is 17.9 Å². The molecule has 0 heterocycles. The SMILES string of the molecule is CC(C)[C@H](N)C(=O)NC(N)=O.O=C(O)C(F)(F)F. The van der Waals surface area contributed by atoms with Crippen LogP contribution in [0.5, 0.6) is 0 Å². The normalized spacial score (nSPS) is 12.2. The molecule has 0 aliphatic rings. The van der Waals surface area contributed by atoms with Crippen LogP contribution < -0.4 is 16.8 Å². The van der Waals surface area contributed by atoms with Crippen LogP contribution in [0.15, 0.2) is 0 Å². The maximum atomic E-state index is 10.9. The minimum absolute atomic E-state index is 0.00523. The van der Waals surface area contributed by atoms with Gasteiger partial charge in [-0.05, 0) is 5.92 Å². The Kier molecular flexibility index (Phi) is 7.70. The van der Waals surface area contributed by atoms with Gasteiger partial charge in [0, 0.05) is 0 Å². The van der Waals surface area contributed by atoms with Crippen LogP contribution in [0.3, 0.4) is 0 Å². The van der Waals surface area contributed by atoms with Gasteiger partial charge in [0.1, 0.15) is 0 Å². The molecule has 0 saturated carbocycles. The van der Waals surface area contributed by atoms with E-state index in [4.69, 9.17) is 21.4 Å². The van der Waals surface area contributed by atoms with Gasteiger partial charge >= 0.3 is 18.2 Å². The van der Waals surface area contributed by atoms with Crippen LogP contribution in [0, 0.1) is 5.92 Å². The van der Waals surface area contributed by atoms with Crippen LogP contribution in [0.1, 0.15) is 13.8 Å². The number of carboxylic acids is 1. The lowest BCUT2D eigenvalue weighted by molar-refractivity contribution is -0.192. The third-order valence-corrected chi connectivity index (χ3v) is 1.51. The lowest BCUT2D eigenvalue weighted by Crippen LogP contribution is -2.47. The molecule has 0 spiro atoms. The van der Waals surface area contributed by atoms with E-state index in [0.29, 0.717) is 0 Å². The predicted molar refractivity (Wildman–Crippen MR) is 54.2 cm³/mol. The Morgan fingerprint density at radius 1 is 1.22 bits per heavy atom. The molecule has 3 amide bonds. The molecular formula is C8H14F3N3O4. The Balaban J connectivity index is 0. The van der Waals surface area contributed by atoms with E-state index in [2.05, 4.69) is 0 Å². The van der Waals surface area contributed by atoms with E-state index in [0.717, 1.165) is 0 Å². The number of primary amides is 1. The number of urea groups is 1. The summed E-state index contributed by atoms with van der Waals surface area (Å²) in [6.07, 6.45) is -5.08. The first kappa shape index (κ1) is 18.5. The predicted octanol–water partition coefficient (Wildman–Crippen LogP) is -0.202. The topological polar surface area (TPSA) is 136 Å². The smallest absolute Gasteiger partial charge is 0.475 e. The van der Waals surface area contributed by atoms with Crippen molar-refractivity contribution in [1.29, 1.82) is 0 Å². The van der Waals surface area contributed by atoms with Crippen LogP contribution in [0.25, 0.3) is 0 Å². The van der Waals surface area contributed by atoms with Crippen molar-refractivity contribution < 1.29 is 32.7 Å². The maximum absolute atomic E-state index is 10.9. The summed E-state index contributed by atoms with van der Waals surface area (Å²) in [4.78, 5) is 29.9. The summed E-state index contributed by atoms with van der Waals surface area (Å²) in [6, 6.07) is -1.55. The Morgan fingerprint density at radius 3 is 1.72 bits per heavy atom. The largest absolute Gasteiger partial charge is 0.490 e. The number of aliphatic carboxylic acids is 1. The molecule has 0 fully saturated rings. The Morgan fingerprint density at radius 2 is 1.56 bits per heavy atom. The van der Waals surface area contributed by atoms with Gasteiger partial charge in [0.25, 0.3) is 0 Å². The summed E-state index contributed by atoms with van der Waals surface area (Å²) in [6.45, 7) is 3.57. The number of nitrogens with two attached hydrogens (primary N) is 2. The Bertz CT molecular complexity index is 317. The van der Waals surface area contributed by atoms with E-state index in [1.807, 2.05) is 5.32 Å². The Hall–Kier alpha value is -1.84. The molecule has 1 atom stereocenters. The van der Waals surface area contributed by atoms with Gasteiger partial charge in [0.2, 0.25) is 5.91 Å². The van der Waals surface area contributed by atoms with Gasteiger partial charge in [0.05, 0.1) is 6.04 Å². The number of rotatable bonds is 2. The lowest BCUT2D eigenvalue weighted by Gasteiger charge is -2.12. The molecule has 0 aliphatic carbocycles. The summed E-state index contributed by atoms with van der Waals surface area (Å²) in [7, 11) is 0. The number of carbonyl (C=O) groups excluding carboxylic acids is 2. The van der Waals surface area contributed by atoms with Gasteiger partial charge in [-0.1, -0.05) is 13.8 Å². The fourth-order valence-electron chi connectivity index (χ4n) is 0.508. The van der Waals surface area contributed by atoms with Gasteiger partial charge in [-0.3, -0.25) is 10.1 Å². The maximum Gasteiger partial charge on any atom is 0.490 e. The molecule has 0 aromatic heterocycles. The minimum atomic E-state index is -5.08. The highest BCUT2D eigenvalue weighted by Gasteiger charge is 2.38. The highest BCUT2D eigenvalue weighted by atomic mass is 19.4. The standard InChI is InChI=1S/C6H13N3O2.C2HF3O2/c1-3(2)4(7)5(10)9-6(8)11;3-2(4,5)1(6)7/h3-4H,7H2,1-2H3,(H3,8,9,10,11);(H,6,7)/t4-;/m0./s1. The summed E-state index contributed by atoms with van der Waals surface area (Å²) in [5, 5.41) is 9.02. The van der Waals surface area contributed by atoms with Gasteiger partial charge < -0.3 is 16.6 Å². The van der Waals surface area contributed by atoms with Crippen molar-refractivity contribution in [2.24, 2.45) is 17.4 Å². The average molecular weight is 273 g/mol. The molecule has 18 heavy (non-hydrogen) atoms. The molecule has 106 valence electrons. The van der Waals surface area contributed by atoms with Gasteiger partial charge in [-0.15, -0.1) is 0 Å². The molecule has 7 nitrogen and oxygen atoms in total. The first-order valence-electron chi connectivity index (χ1n) is 4.55. The molecule has 0 aromatic rings. The molecule has 0 saturated heterocycles. The zero-order valence-electron chi connectivity index (χ0n) is 9.62. The zero-order chi connectivity index (χ0) is 15.1.